The number of hydrogen-bond acceptors (Lipinski definition) is 7. The summed E-state index contributed by atoms with van der Waals surface area (Å²) in [5.74, 6) is 1.08. The van der Waals surface area contributed by atoms with Crippen molar-refractivity contribution in [2.75, 3.05) is 18.0 Å². The molecule has 0 spiro atoms. The molecule has 2 fully saturated rings. The van der Waals surface area contributed by atoms with Gasteiger partial charge in [0.2, 0.25) is 11.8 Å². The average molecular weight is 346 g/mol. The molecule has 1 unspecified atom stereocenters. The predicted octanol–water partition coefficient (Wildman–Crippen LogP) is 0.306. The van der Waals surface area contributed by atoms with Crippen LogP contribution in [0.4, 0.5) is 5.82 Å². The number of carbonyl (C=O) groups excluding carboxylic acids is 2. The van der Waals surface area contributed by atoms with Crippen LogP contribution in [-0.2, 0) is 9.59 Å². The van der Waals surface area contributed by atoms with Crippen molar-refractivity contribution in [1.29, 1.82) is 0 Å². The molecule has 4 rings (SSSR count). The molecule has 4 heterocycles. The zero-order chi connectivity index (χ0) is 16.7. The van der Waals surface area contributed by atoms with Gasteiger partial charge in [0, 0.05) is 31.5 Å². The lowest BCUT2D eigenvalue weighted by molar-refractivity contribution is -0.126. The summed E-state index contributed by atoms with van der Waals surface area (Å²) in [6.45, 7) is 3.65. The third-order valence-corrected chi connectivity index (χ3v) is 5.45. The molecule has 126 valence electrons. The maximum atomic E-state index is 12.2. The van der Waals surface area contributed by atoms with E-state index in [9.17, 15) is 9.59 Å². The molecule has 0 aliphatic carbocycles. The molecule has 2 aliphatic rings. The van der Waals surface area contributed by atoms with Gasteiger partial charge in [-0.2, -0.15) is 0 Å². The van der Waals surface area contributed by atoms with E-state index in [1.807, 2.05) is 6.92 Å². The smallest absolute Gasteiger partial charge is 0.242 e. The fourth-order valence-corrected chi connectivity index (χ4v) is 3.79. The number of thiazole rings is 1. The average Bonchev–Trinajstić information content (AvgIpc) is 3.14. The van der Waals surface area contributed by atoms with Crippen molar-refractivity contribution in [3.05, 3.63) is 11.8 Å². The van der Waals surface area contributed by atoms with Gasteiger partial charge in [0.1, 0.15) is 22.7 Å². The van der Waals surface area contributed by atoms with Crippen LogP contribution in [0.3, 0.4) is 0 Å². The van der Waals surface area contributed by atoms with Gasteiger partial charge in [-0.25, -0.2) is 15.0 Å². The first kappa shape index (κ1) is 15.3. The first-order chi connectivity index (χ1) is 11.6. The molecule has 9 heteroatoms. The van der Waals surface area contributed by atoms with E-state index in [0.29, 0.717) is 18.8 Å². The van der Waals surface area contributed by atoms with E-state index in [0.717, 1.165) is 29.3 Å². The second kappa shape index (κ2) is 5.97. The standard InChI is InChI=1S/C15H18N6O2S/c1-8(19-14(23)10-2-3-11(22)20-10)9-4-21(5-9)13-12-15(17-6-16-13)24-7-18-12/h6-10H,2-5H2,1H3,(H,19,23)(H,20,22)/t8-,10?/m0/s1. The van der Waals surface area contributed by atoms with Crippen LogP contribution in [0.25, 0.3) is 10.3 Å². The van der Waals surface area contributed by atoms with E-state index < -0.39 is 0 Å². The maximum Gasteiger partial charge on any atom is 0.242 e. The summed E-state index contributed by atoms with van der Waals surface area (Å²) in [7, 11) is 0. The molecule has 2 atom stereocenters. The zero-order valence-corrected chi connectivity index (χ0v) is 14.0. The van der Waals surface area contributed by atoms with Gasteiger partial charge in [-0.15, -0.1) is 11.3 Å². The largest absolute Gasteiger partial charge is 0.354 e. The number of rotatable bonds is 4. The Morgan fingerprint density at radius 3 is 3.00 bits per heavy atom. The number of fused-ring (bicyclic) bond motifs is 1. The second-order valence-corrected chi connectivity index (χ2v) is 7.16. The lowest BCUT2D eigenvalue weighted by Crippen LogP contribution is -2.57. The Balaban J connectivity index is 1.34. The van der Waals surface area contributed by atoms with Crippen LogP contribution in [-0.4, -0.2) is 51.9 Å². The Bertz CT molecular complexity index is 787. The number of amides is 2. The number of carbonyl (C=O) groups is 2. The maximum absolute atomic E-state index is 12.2. The van der Waals surface area contributed by atoms with Gasteiger partial charge in [-0.05, 0) is 13.3 Å². The molecule has 2 aliphatic heterocycles. The van der Waals surface area contributed by atoms with E-state index in [4.69, 9.17) is 0 Å². The van der Waals surface area contributed by atoms with Crippen molar-refractivity contribution in [3.63, 3.8) is 0 Å². The minimum atomic E-state index is -0.382. The third kappa shape index (κ3) is 2.68. The number of nitrogens with zero attached hydrogens (tertiary/aromatic N) is 4. The third-order valence-electron chi connectivity index (χ3n) is 4.71. The van der Waals surface area contributed by atoms with E-state index in [1.165, 1.54) is 11.3 Å². The summed E-state index contributed by atoms with van der Waals surface area (Å²) in [6.07, 6.45) is 2.58. The summed E-state index contributed by atoms with van der Waals surface area (Å²) >= 11 is 1.50. The molecule has 2 amide bonds. The summed E-state index contributed by atoms with van der Waals surface area (Å²) in [4.78, 5) is 39.3. The van der Waals surface area contributed by atoms with Gasteiger partial charge < -0.3 is 15.5 Å². The van der Waals surface area contributed by atoms with Crippen molar-refractivity contribution in [2.45, 2.75) is 31.8 Å². The minimum absolute atomic E-state index is 0.0475. The molecule has 0 radical (unpaired) electrons. The number of anilines is 1. The quantitative estimate of drug-likeness (QED) is 0.826. The Morgan fingerprint density at radius 1 is 1.42 bits per heavy atom. The lowest BCUT2D eigenvalue weighted by Gasteiger charge is -2.43. The normalized spacial score (nSPS) is 22.3. The van der Waals surface area contributed by atoms with Gasteiger partial charge >= 0.3 is 0 Å². The summed E-state index contributed by atoms with van der Waals surface area (Å²) in [6, 6.07) is -0.327. The van der Waals surface area contributed by atoms with E-state index in [2.05, 4.69) is 30.5 Å². The summed E-state index contributed by atoms with van der Waals surface area (Å²) in [5, 5.41) is 5.72. The molecular formula is C15H18N6O2S. The molecule has 0 bridgehead atoms. The van der Waals surface area contributed by atoms with Crippen molar-refractivity contribution in [3.8, 4) is 0 Å². The monoisotopic (exact) mass is 346 g/mol. The van der Waals surface area contributed by atoms with Gasteiger partial charge in [0.25, 0.3) is 0 Å². The highest BCUT2D eigenvalue weighted by atomic mass is 32.1. The van der Waals surface area contributed by atoms with Gasteiger partial charge in [0.05, 0.1) is 5.51 Å². The number of nitrogens with one attached hydrogen (secondary N) is 2. The van der Waals surface area contributed by atoms with Crippen LogP contribution in [0.15, 0.2) is 11.8 Å². The number of hydrogen-bond donors (Lipinski definition) is 2. The van der Waals surface area contributed by atoms with Crippen LogP contribution < -0.4 is 15.5 Å². The van der Waals surface area contributed by atoms with Gasteiger partial charge in [-0.3, -0.25) is 9.59 Å². The summed E-state index contributed by atoms with van der Waals surface area (Å²) < 4.78 is 0. The van der Waals surface area contributed by atoms with Crippen molar-refractivity contribution >= 4 is 39.3 Å². The van der Waals surface area contributed by atoms with Crippen molar-refractivity contribution in [2.24, 2.45) is 5.92 Å². The van der Waals surface area contributed by atoms with Gasteiger partial charge in [-0.1, -0.05) is 0 Å². The SMILES string of the molecule is C[C@H](NC(=O)C1CCC(=O)N1)C1CN(c2ncnc3scnc23)C1. The molecular weight excluding hydrogens is 328 g/mol. The molecule has 0 aromatic carbocycles. The highest BCUT2D eigenvalue weighted by Crippen LogP contribution is 2.30. The Morgan fingerprint density at radius 2 is 2.25 bits per heavy atom. The topological polar surface area (TPSA) is 100 Å². The van der Waals surface area contributed by atoms with Crippen molar-refractivity contribution in [1.82, 2.24) is 25.6 Å². The first-order valence-corrected chi connectivity index (χ1v) is 8.88. The Labute approximate surface area is 142 Å². The molecule has 2 N–H and O–H groups in total. The Hall–Kier alpha value is -2.29. The van der Waals surface area contributed by atoms with Crippen LogP contribution in [0.1, 0.15) is 19.8 Å². The lowest BCUT2D eigenvalue weighted by atomic mass is 9.92. The van der Waals surface area contributed by atoms with E-state index in [-0.39, 0.29) is 23.9 Å². The van der Waals surface area contributed by atoms with Gasteiger partial charge in [0.15, 0.2) is 5.82 Å². The molecule has 0 saturated carbocycles. The molecule has 2 aromatic rings. The fraction of sp³-hybridized carbons (Fsp3) is 0.533. The van der Waals surface area contributed by atoms with E-state index in [1.54, 1.807) is 11.8 Å². The second-order valence-electron chi connectivity index (χ2n) is 6.32. The zero-order valence-electron chi connectivity index (χ0n) is 13.2. The minimum Gasteiger partial charge on any atom is -0.354 e. The molecule has 24 heavy (non-hydrogen) atoms. The molecule has 8 nitrogen and oxygen atoms in total. The summed E-state index contributed by atoms with van der Waals surface area (Å²) in [5.41, 5.74) is 2.62. The highest BCUT2D eigenvalue weighted by Gasteiger charge is 2.35. The van der Waals surface area contributed by atoms with Crippen LogP contribution in [0, 0.1) is 5.92 Å². The van der Waals surface area contributed by atoms with Crippen LogP contribution >= 0.6 is 11.3 Å². The molecule has 2 saturated heterocycles. The van der Waals surface area contributed by atoms with Crippen LogP contribution in [0.2, 0.25) is 0 Å². The highest BCUT2D eigenvalue weighted by molar-refractivity contribution is 7.16. The Kier molecular flexibility index (Phi) is 3.79. The predicted molar refractivity (Wildman–Crippen MR) is 89.7 cm³/mol. The van der Waals surface area contributed by atoms with Crippen LogP contribution in [0.5, 0.6) is 0 Å². The molecule has 2 aromatic heterocycles. The first-order valence-electron chi connectivity index (χ1n) is 8.00. The van der Waals surface area contributed by atoms with Crippen molar-refractivity contribution < 1.29 is 9.59 Å². The fourth-order valence-electron chi connectivity index (χ4n) is 3.17. The van der Waals surface area contributed by atoms with E-state index >= 15 is 0 Å². The number of aromatic nitrogens is 3.